The van der Waals surface area contributed by atoms with E-state index in [0.717, 1.165) is 0 Å². The monoisotopic (exact) mass is 195 g/mol. The van der Waals surface area contributed by atoms with E-state index in [-0.39, 0.29) is 0 Å². The second-order valence-corrected chi connectivity index (χ2v) is 4.77. The highest BCUT2D eigenvalue weighted by Crippen LogP contribution is 2.21. The van der Waals surface area contributed by atoms with Crippen LogP contribution in [0.5, 0.6) is 0 Å². The van der Waals surface area contributed by atoms with Crippen molar-refractivity contribution >= 4 is 17.4 Å². The van der Waals surface area contributed by atoms with E-state index in [0.29, 0.717) is 6.04 Å². The fourth-order valence-electron chi connectivity index (χ4n) is 1.16. The second-order valence-electron chi connectivity index (χ2n) is 3.31. The molecule has 0 fully saturated rings. The van der Waals surface area contributed by atoms with Gasteiger partial charge in [-0.15, -0.1) is 11.3 Å². The zero-order valence-corrected chi connectivity index (χ0v) is 9.53. The van der Waals surface area contributed by atoms with E-state index in [1.54, 1.807) is 0 Å². The first-order valence-electron chi connectivity index (χ1n) is 4.56. The molecule has 1 nitrogen and oxygen atoms in total. The highest BCUT2D eigenvalue weighted by atomic mass is 32.1. The van der Waals surface area contributed by atoms with Crippen LogP contribution in [0.3, 0.4) is 0 Å². The molecular weight excluding hydrogens is 178 g/mol. The van der Waals surface area contributed by atoms with E-state index in [2.05, 4.69) is 44.3 Å². The summed E-state index contributed by atoms with van der Waals surface area (Å²) < 4.78 is 0. The van der Waals surface area contributed by atoms with E-state index in [9.17, 15) is 0 Å². The molecule has 0 aliphatic carbocycles. The van der Waals surface area contributed by atoms with Crippen molar-refractivity contribution in [3.05, 3.63) is 27.5 Å². The number of hydrogen-bond donors (Lipinski definition) is 1. The molecule has 0 aliphatic rings. The van der Waals surface area contributed by atoms with E-state index in [1.165, 1.54) is 15.3 Å². The number of nitrogens with one attached hydrogen (secondary N) is 1. The molecule has 1 atom stereocenters. The Balaban J connectivity index is 2.73. The van der Waals surface area contributed by atoms with E-state index in [1.807, 2.05) is 18.4 Å². The number of thiophene rings is 1. The van der Waals surface area contributed by atoms with Crippen LogP contribution >= 0.6 is 11.3 Å². The predicted molar refractivity (Wildman–Crippen MR) is 61.3 cm³/mol. The minimum Gasteiger partial charge on any atom is -0.314 e. The average Bonchev–Trinajstić information content (AvgIpc) is 2.41. The summed E-state index contributed by atoms with van der Waals surface area (Å²) in [5.74, 6) is 0. The molecule has 1 aromatic rings. The normalized spacial score (nSPS) is 13.8. The zero-order valence-electron chi connectivity index (χ0n) is 8.72. The maximum Gasteiger partial charge on any atom is 0.0221 e. The molecule has 1 rings (SSSR count). The topological polar surface area (TPSA) is 12.0 Å². The molecule has 0 saturated carbocycles. The maximum absolute atomic E-state index is 3.18. The molecule has 0 amide bonds. The van der Waals surface area contributed by atoms with Gasteiger partial charge in [-0.25, -0.2) is 0 Å². The summed E-state index contributed by atoms with van der Waals surface area (Å²) in [5, 5.41) is 3.18. The molecular formula is C11H17NS. The van der Waals surface area contributed by atoms with Crippen molar-refractivity contribution in [1.29, 1.82) is 0 Å². The lowest BCUT2D eigenvalue weighted by Gasteiger charge is -2.01. The van der Waals surface area contributed by atoms with Gasteiger partial charge in [0.1, 0.15) is 0 Å². The summed E-state index contributed by atoms with van der Waals surface area (Å²) in [6, 6.07) is 2.68. The first kappa shape index (κ1) is 10.5. The smallest absolute Gasteiger partial charge is 0.0221 e. The molecule has 1 aromatic heterocycles. The van der Waals surface area contributed by atoms with Crippen molar-refractivity contribution in [2.45, 2.75) is 26.8 Å². The zero-order chi connectivity index (χ0) is 9.84. The first-order valence-corrected chi connectivity index (χ1v) is 5.37. The third kappa shape index (κ3) is 2.98. The van der Waals surface area contributed by atoms with Crippen molar-refractivity contribution in [2.24, 2.45) is 0 Å². The molecule has 1 unspecified atom stereocenters. The third-order valence-electron chi connectivity index (χ3n) is 2.10. The van der Waals surface area contributed by atoms with Gasteiger partial charge < -0.3 is 5.32 Å². The van der Waals surface area contributed by atoms with Crippen LogP contribution < -0.4 is 5.32 Å². The lowest BCUT2D eigenvalue weighted by molar-refractivity contribution is 0.731. The van der Waals surface area contributed by atoms with E-state index < -0.39 is 0 Å². The predicted octanol–water partition coefficient (Wildman–Crippen LogP) is 2.99. The Kier molecular flexibility index (Phi) is 3.70. The molecule has 1 heterocycles. The van der Waals surface area contributed by atoms with Gasteiger partial charge in [-0.1, -0.05) is 12.2 Å². The van der Waals surface area contributed by atoms with Gasteiger partial charge in [-0.3, -0.25) is 0 Å². The van der Waals surface area contributed by atoms with Crippen LogP contribution in [-0.4, -0.2) is 13.1 Å². The number of aryl methyl sites for hydroxylation is 2. The van der Waals surface area contributed by atoms with Crippen LogP contribution in [0.25, 0.3) is 6.08 Å². The van der Waals surface area contributed by atoms with Gasteiger partial charge >= 0.3 is 0 Å². The Hall–Kier alpha value is -0.600. The molecule has 72 valence electrons. The minimum atomic E-state index is 0.444. The largest absolute Gasteiger partial charge is 0.314 e. The fraction of sp³-hybridized carbons (Fsp3) is 0.455. The van der Waals surface area contributed by atoms with Gasteiger partial charge in [0.25, 0.3) is 0 Å². The SMILES string of the molecule is CNC(C)/C=C/c1cc(C)sc1C. The van der Waals surface area contributed by atoms with Crippen LogP contribution in [0.1, 0.15) is 22.2 Å². The Morgan fingerprint density at radius 1 is 1.46 bits per heavy atom. The standard InChI is InChI=1S/C11H17NS/c1-8(12-4)5-6-11-7-9(2)13-10(11)3/h5-8,12H,1-4H3/b6-5+. The summed E-state index contributed by atoms with van der Waals surface area (Å²) in [5.41, 5.74) is 1.35. The highest BCUT2D eigenvalue weighted by molar-refractivity contribution is 7.12. The van der Waals surface area contributed by atoms with Crippen LogP contribution in [-0.2, 0) is 0 Å². The molecule has 0 aliphatic heterocycles. The molecule has 0 radical (unpaired) electrons. The summed E-state index contributed by atoms with van der Waals surface area (Å²) in [4.78, 5) is 2.78. The average molecular weight is 195 g/mol. The van der Waals surface area contributed by atoms with Crippen LogP contribution in [0, 0.1) is 13.8 Å². The highest BCUT2D eigenvalue weighted by Gasteiger charge is 1.98. The van der Waals surface area contributed by atoms with Gasteiger partial charge in [-0.2, -0.15) is 0 Å². The molecule has 0 aromatic carbocycles. The molecule has 2 heteroatoms. The van der Waals surface area contributed by atoms with Crippen LogP contribution in [0.4, 0.5) is 0 Å². The summed E-state index contributed by atoms with van der Waals surface area (Å²) in [6.45, 7) is 6.46. The lowest BCUT2D eigenvalue weighted by Crippen LogP contribution is -2.17. The molecule has 1 N–H and O–H groups in total. The van der Waals surface area contributed by atoms with Gasteiger partial charge in [-0.05, 0) is 39.4 Å². The number of rotatable bonds is 3. The van der Waals surface area contributed by atoms with E-state index in [4.69, 9.17) is 0 Å². The first-order chi connectivity index (χ1) is 6.13. The molecule has 0 spiro atoms. The van der Waals surface area contributed by atoms with Crippen molar-refractivity contribution < 1.29 is 0 Å². The molecule has 0 bridgehead atoms. The lowest BCUT2D eigenvalue weighted by atomic mass is 10.2. The van der Waals surface area contributed by atoms with Gasteiger partial charge in [0.2, 0.25) is 0 Å². The van der Waals surface area contributed by atoms with Crippen molar-refractivity contribution in [3.8, 4) is 0 Å². The fourth-order valence-corrected chi connectivity index (χ4v) is 2.07. The van der Waals surface area contributed by atoms with E-state index >= 15 is 0 Å². The van der Waals surface area contributed by atoms with Crippen molar-refractivity contribution in [2.75, 3.05) is 7.05 Å². The van der Waals surface area contributed by atoms with Crippen molar-refractivity contribution in [1.82, 2.24) is 5.32 Å². The summed E-state index contributed by atoms with van der Waals surface area (Å²) in [6.07, 6.45) is 4.38. The second kappa shape index (κ2) is 4.58. The summed E-state index contributed by atoms with van der Waals surface area (Å²) in [7, 11) is 1.97. The Labute approximate surface area is 84.5 Å². The summed E-state index contributed by atoms with van der Waals surface area (Å²) >= 11 is 1.86. The van der Waals surface area contributed by atoms with Gasteiger partial charge in [0, 0.05) is 15.8 Å². The number of hydrogen-bond acceptors (Lipinski definition) is 2. The van der Waals surface area contributed by atoms with Gasteiger partial charge in [0.15, 0.2) is 0 Å². The van der Waals surface area contributed by atoms with Crippen LogP contribution in [0.15, 0.2) is 12.1 Å². The Morgan fingerprint density at radius 2 is 2.15 bits per heavy atom. The number of likely N-dealkylation sites (N-methyl/N-ethyl adjacent to an activating group) is 1. The Morgan fingerprint density at radius 3 is 2.62 bits per heavy atom. The van der Waals surface area contributed by atoms with Crippen molar-refractivity contribution in [3.63, 3.8) is 0 Å². The third-order valence-corrected chi connectivity index (χ3v) is 3.08. The molecule has 13 heavy (non-hydrogen) atoms. The van der Waals surface area contributed by atoms with Gasteiger partial charge in [0.05, 0.1) is 0 Å². The quantitative estimate of drug-likeness (QED) is 0.782. The minimum absolute atomic E-state index is 0.444. The molecule has 0 saturated heterocycles. The Bertz CT molecular complexity index is 299. The maximum atomic E-state index is 3.18. The van der Waals surface area contributed by atoms with Crippen LogP contribution in [0.2, 0.25) is 0 Å².